The molecule has 0 saturated carbocycles. The fourth-order valence-corrected chi connectivity index (χ4v) is 3.48. The molecular formula is C17H9Br2N. The Bertz CT molecular complexity index is 896. The number of rotatable bonds is 0. The Kier molecular flexibility index (Phi) is 2.79. The molecule has 4 aromatic rings. The molecule has 4 rings (SSSR count). The molecule has 1 heterocycles. The molecular weight excluding hydrogens is 378 g/mol. The smallest absolute Gasteiger partial charge is 0.0786 e. The summed E-state index contributed by atoms with van der Waals surface area (Å²) >= 11 is 7.14. The molecule has 0 amide bonds. The molecule has 0 aliphatic rings. The maximum atomic E-state index is 4.58. The molecule has 0 unspecified atom stereocenters. The van der Waals surface area contributed by atoms with Crippen LogP contribution in [-0.4, -0.2) is 4.98 Å². The zero-order valence-corrected chi connectivity index (χ0v) is 13.6. The summed E-state index contributed by atoms with van der Waals surface area (Å²) in [7, 11) is 0. The van der Waals surface area contributed by atoms with E-state index in [0.717, 1.165) is 14.5 Å². The predicted octanol–water partition coefficient (Wildman–Crippen LogP) is 6.07. The Morgan fingerprint density at radius 3 is 2.00 bits per heavy atom. The van der Waals surface area contributed by atoms with E-state index < -0.39 is 0 Å². The molecule has 0 atom stereocenters. The molecule has 96 valence electrons. The van der Waals surface area contributed by atoms with E-state index in [1.807, 2.05) is 12.3 Å². The van der Waals surface area contributed by atoms with Crippen molar-refractivity contribution >= 4 is 64.3 Å². The van der Waals surface area contributed by atoms with Crippen LogP contribution in [0.3, 0.4) is 0 Å². The van der Waals surface area contributed by atoms with Crippen molar-refractivity contribution in [1.82, 2.24) is 4.98 Å². The van der Waals surface area contributed by atoms with Crippen LogP contribution in [0.1, 0.15) is 0 Å². The first kappa shape index (κ1) is 12.3. The Morgan fingerprint density at radius 1 is 0.650 bits per heavy atom. The number of halogens is 2. The highest BCUT2D eigenvalue weighted by molar-refractivity contribution is 9.10. The normalized spacial score (nSPS) is 11.5. The first-order chi connectivity index (χ1) is 9.74. The van der Waals surface area contributed by atoms with Crippen LogP contribution >= 0.6 is 31.9 Å². The summed E-state index contributed by atoms with van der Waals surface area (Å²) in [6.45, 7) is 0. The van der Waals surface area contributed by atoms with Gasteiger partial charge < -0.3 is 0 Å². The molecule has 0 aliphatic carbocycles. The number of fused-ring (bicyclic) bond motifs is 6. The van der Waals surface area contributed by atoms with E-state index in [-0.39, 0.29) is 0 Å². The molecule has 1 aromatic heterocycles. The van der Waals surface area contributed by atoms with Gasteiger partial charge in [0.1, 0.15) is 0 Å². The lowest BCUT2D eigenvalue weighted by molar-refractivity contribution is 1.43. The summed E-state index contributed by atoms with van der Waals surface area (Å²) in [5, 5.41) is 6.10. The van der Waals surface area contributed by atoms with E-state index in [1.54, 1.807) is 0 Å². The van der Waals surface area contributed by atoms with Gasteiger partial charge >= 0.3 is 0 Å². The van der Waals surface area contributed by atoms with Crippen molar-refractivity contribution in [1.29, 1.82) is 0 Å². The van der Waals surface area contributed by atoms with Crippen LogP contribution < -0.4 is 0 Å². The van der Waals surface area contributed by atoms with E-state index in [0.29, 0.717) is 0 Å². The molecule has 0 radical (unpaired) electrons. The predicted molar refractivity (Wildman–Crippen MR) is 92.2 cm³/mol. The van der Waals surface area contributed by atoms with Crippen molar-refractivity contribution in [3.63, 3.8) is 0 Å². The molecule has 0 aliphatic heterocycles. The summed E-state index contributed by atoms with van der Waals surface area (Å²) in [6.07, 6.45) is 1.86. The van der Waals surface area contributed by atoms with Crippen molar-refractivity contribution < 1.29 is 0 Å². The monoisotopic (exact) mass is 385 g/mol. The second-order valence-electron chi connectivity index (χ2n) is 4.78. The van der Waals surface area contributed by atoms with Crippen LogP contribution in [0.4, 0.5) is 0 Å². The standard InChI is InChI=1S/C17H9Br2N/c18-10-3-5-12-13-2-1-7-20-17(13)14-6-4-11(19)9-16(14)15(12)8-10/h1-9H. The van der Waals surface area contributed by atoms with Gasteiger partial charge in [0.25, 0.3) is 0 Å². The lowest BCUT2D eigenvalue weighted by atomic mass is 9.97. The summed E-state index contributed by atoms with van der Waals surface area (Å²) in [5.41, 5.74) is 1.06. The van der Waals surface area contributed by atoms with Crippen LogP contribution in [0.15, 0.2) is 63.7 Å². The van der Waals surface area contributed by atoms with Crippen LogP contribution in [-0.2, 0) is 0 Å². The third kappa shape index (κ3) is 1.77. The van der Waals surface area contributed by atoms with Gasteiger partial charge in [-0.2, -0.15) is 0 Å². The summed E-state index contributed by atoms with van der Waals surface area (Å²) < 4.78 is 2.18. The van der Waals surface area contributed by atoms with Gasteiger partial charge in [0.2, 0.25) is 0 Å². The van der Waals surface area contributed by atoms with Gasteiger partial charge in [0, 0.05) is 25.9 Å². The van der Waals surface area contributed by atoms with Crippen molar-refractivity contribution in [3.05, 3.63) is 63.7 Å². The van der Waals surface area contributed by atoms with Gasteiger partial charge in [-0.3, -0.25) is 4.98 Å². The average molecular weight is 387 g/mol. The number of benzene rings is 3. The quantitative estimate of drug-likeness (QED) is 0.334. The van der Waals surface area contributed by atoms with Crippen LogP contribution in [0.5, 0.6) is 0 Å². The first-order valence-corrected chi connectivity index (χ1v) is 7.88. The molecule has 0 spiro atoms. The zero-order valence-electron chi connectivity index (χ0n) is 10.4. The lowest BCUT2D eigenvalue weighted by Crippen LogP contribution is -1.85. The number of aromatic nitrogens is 1. The van der Waals surface area contributed by atoms with Gasteiger partial charge in [-0.25, -0.2) is 0 Å². The van der Waals surface area contributed by atoms with E-state index in [9.17, 15) is 0 Å². The van der Waals surface area contributed by atoms with Gasteiger partial charge in [-0.1, -0.05) is 50.1 Å². The highest BCUT2D eigenvalue weighted by Gasteiger charge is 2.09. The van der Waals surface area contributed by atoms with E-state index in [4.69, 9.17) is 0 Å². The SMILES string of the molecule is Brc1ccc2c(c1)c1cc(Br)ccc1c1ncccc21. The van der Waals surface area contributed by atoms with E-state index in [2.05, 4.69) is 79.3 Å². The van der Waals surface area contributed by atoms with Crippen LogP contribution in [0.25, 0.3) is 32.4 Å². The Labute approximate surface area is 132 Å². The Morgan fingerprint density at radius 2 is 1.25 bits per heavy atom. The minimum absolute atomic E-state index is 1.06. The molecule has 3 aromatic carbocycles. The van der Waals surface area contributed by atoms with Gasteiger partial charge in [-0.05, 0) is 46.5 Å². The minimum atomic E-state index is 1.06. The third-order valence-electron chi connectivity index (χ3n) is 3.61. The molecule has 1 nitrogen and oxygen atoms in total. The maximum Gasteiger partial charge on any atom is 0.0786 e. The van der Waals surface area contributed by atoms with E-state index in [1.165, 1.54) is 26.9 Å². The fourth-order valence-electron chi connectivity index (χ4n) is 2.76. The highest BCUT2D eigenvalue weighted by Crippen LogP contribution is 2.36. The number of hydrogen-bond acceptors (Lipinski definition) is 1. The Hall–Kier alpha value is -1.45. The first-order valence-electron chi connectivity index (χ1n) is 6.29. The maximum absolute atomic E-state index is 4.58. The van der Waals surface area contributed by atoms with Gasteiger partial charge in [0.05, 0.1) is 5.52 Å². The summed E-state index contributed by atoms with van der Waals surface area (Å²) in [5.74, 6) is 0. The number of pyridine rings is 1. The van der Waals surface area contributed by atoms with E-state index >= 15 is 0 Å². The fraction of sp³-hybridized carbons (Fsp3) is 0. The molecule has 0 saturated heterocycles. The largest absolute Gasteiger partial charge is 0.256 e. The average Bonchev–Trinajstić information content (AvgIpc) is 2.47. The van der Waals surface area contributed by atoms with Gasteiger partial charge in [-0.15, -0.1) is 0 Å². The van der Waals surface area contributed by atoms with Crippen molar-refractivity contribution in [2.45, 2.75) is 0 Å². The summed E-state index contributed by atoms with van der Waals surface area (Å²) in [4.78, 5) is 4.58. The molecule has 0 fully saturated rings. The number of hydrogen-bond donors (Lipinski definition) is 0. The second kappa shape index (κ2) is 4.54. The third-order valence-corrected chi connectivity index (χ3v) is 4.59. The molecule has 0 N–H and O–H groups in total. The summed E-state index contributed by atoms with van der Waals surface area (Å²) in [6, 6.07) is 16.9. The molecule has 20 heavy (non-hydrogen) atoms. The number of nitrogens with zero attached hydrogens (tertiary/aromatic N) is 1. The highest BCUT2D eigenvalue weighted by atomic mass is 79.9. The molecule has 3 heteroatoms. The van der Waals surface area contributed by atoms with Crippen molar-refractivity contribution in [3.8, 4) is 0 Å². The molecule has 0 bridgehead atoms. The second-order valence-corrected chi connectivity index (χ2v) is 6.61. The Balaban J connectivity index is 2.41. The lowest BCUT2D eigenvalue weighted by Gasteiger charge is -2.10. The topological polar surface area (TPSA) is 12.9 Å². The zero-order chi connectivity index (χ0) is 13.7. The van der Waals surface area contributed by atoms with Crippen LogP contribution in [0, 0.1) is 0 Å². The minimum Gasteiger partial charge on any atom is -0.256 e. The van der Waals surface area contributed by atoms with Crippen molar-refractivity contribution in [2.75, 3.05) is 0 Å². The van der Waals surface area contributed by atoms with Gasteiger partial charge in [0.15, 0.2) is 0 Å². The van der Waals surface area contributed by atoms with Crippen molar-refractivity contribution in [2.24, 2.45) is 0 Å². The van der Waals surface area contributed by atoms with Crippen LogP contribution in [0.2, 0.25) is 0 Å².